The van der Waals surface area contributed by atoms with E-state index < -0.39 is 0 Å². The summed E-state index contributed by atoms with van der Waals surface area (Å²) >= 11 is 5.16. The summed E-state index contributed by atoms with van der Waals surface area (Å²) in [6.45, 7) is 3.29. The minimum Gasteiger partial charge on any atom is -0.313 e. The molecular formula is C9H15NS. The van der Waals surface area contributed by atoms with Crippen LogP contribution in [0.5, 0.6) is 0 Å². The van der Waals surface area contributed by atoms with Gasteiger partial charge in [0.05, 0.1) is 0 Å². The summed E-state index contributed by atoms with van der Waals surface area (Å²) in [6, 6.07) is 0.823. The Morgan fingerprint density at radius 3 is 2.91 bits per heavy atom. The largest absolute Gasteiger partial charge is 0.313 e. The van der Waals surface area contributed by atoms with E-state index in [9.17, 15) is 0 Å². The van der Waals surface area contributed by atoms with Gasteiger partial charge in [-0.05, 0) is 42.9 Å². The molecule has 1 nitrogen and oxygen atoms in total. The molecule has 0 radical (unpaired) electrons. The average Bonchev–Trinajstić information content (AvgIpc) is 2.43. The highest BCUT2D eigenvalue weighted by molar-refractivity contribution is 7.80. The highest BCUT2D eigenvalue weighted by atomic mass is 32.1. The molecule has 1 heterocycles. The molecule has 0 amide bonds. The maximum Gasteiger partial charge on any atom is 0.00733 e. The second-order valence-electron chi connectivity index (χ2n) is 4.20. The molecule has 1 saturated heterocycles. The second kappa shape index (κ2) is 2.53. The van der Waals surface area contributed by atoms with Gasteiger partial charge in [0.25, 0.3) is 0 Å². The van der Waals surface area contributed by atoms with Crippen molar-refractivity contribution in [2.24, 2.45) is 5.41 Å². The molecule has 2 rings (SSSR count). The SMILES string of the molecule is CC(=S)CC12CCC(C1)NC2. The molecule has 2 bridgehead atoms. The van der Waals surface area contributed by atoms with Crippen molar-refractivity contribution >= 4 is 17.1 Å². The van der Waals surface area contributed by atoms with Crippen molar-refractivity contribution in [2.75, 3.05) is 6.54 Å². The van der Waals surface area contributed by atoms with Gasteiger partial charge in [0.1, 0.15) is 0 Å². The molecule has 0 aromatic carbocycles. The standard InChI is InChI=1S/C9H15NS/c1-7(11)4-9-3-2-8(5-9)10-6-9/h8,10H,2-6H2,1H3. The fourth-order valence-electron chi connectivity index (χ4n) is 2.65. The van der Waals surface area contributed by atoms with Crippen LogP contribution in [0.3, 0.4) is 0 Å². The number of fused-ring (bicyclic) bond motifs is 2. The van der Waals surface area contributed by atoms with E-state index in [1.54, 1.807) is 0 Å². The van der Waals surface area contributed by atoms with Crippen LogP contribution in [0.2, 0.25) is 0 Å². The molecule has 62 valence electrons. The van der Waals surface area contributed by atoms with Crippen LogP contribution in [0.4, 0.5) is 0 Å². The lowest BCUT2D eigenvalue weighted by atomic mass is 9.83. The van der Waals surface area contributed by atoms with Gasteiger partial charge in [0.2, 0.25) is 0 Å². The molecule has 0 aromatic heterocycles. The first-order valence-electron chi connectivity index (χ1n) is 4.43. The van der Waals surface area contributed by atoms with Crippen molar-refractivity contribution in [1.82, 2.24) is 5.32 Å². The van der Waals surface area contributed by atoms with Crippen LogP contribution in [0.15, 0.2) is 0 Å². The molecule has 2 aliphatic rings. The molecule has 2 atom stereocenters. The van der Waals surface area contributed by atoms with E-state index in [-0.39, 0.29) is 0 Å². The summed E-state index contributed by atoms with van der Waals surface area (Å²) < 4.78 is 0. The Labute approximate surface area is 73.6 Å². The van der Waals surface area contributed by atoms with Crippen LogP contribution in [-0.4, -0.2) is 17.5 Å². The van der Waals surface area contributed by atoms with E-state index in [1.165, 1.54) is 37.1 Å². The first-order chi connectivity index (χ1) is 5.20. The number of hydrogen-bond donors (Lipinski definition) is 1. The van der Waals surface area contributed by atoms with Crippen LogP contribution >= 0.6 is 12.2 Å². The van der Waals surface area contributed by atoms with E-state index in [2.05, 4.69) is 12.2 Å². The van der Waals surface area contributed by atoms with Crippen LogP contribution < -0.4 is 5.32 Å². The van der Waals surface area contributed by atoms with Crippen molar-refractivity contribution in [2.45, 2.75) is 38.6 Å². The molecule has 2 fully saturated rings. The lowest BCUT2D eigenvalue weighted by Gasteiger charge is -2.25. The van der Waals surface area contributed by atoms with Gasteiger partial charge in [-0.1, -0.05) is 12.2 Å². The predicted molar refractivity (Wildman–Crippen MR) is 51.0 cm³/mol. The van der Waals surface area contributed by atoms with E-state index >= 15 is 0 Å². The number of hydrogen-bond acceptors (Lipinski definition) is 2. The molecular weight excluding hydrogens is 154 g/mol. The molecule has 1 aliphatic carbocycles. The van der Waals surface area contributed by atoms with Gasteiger partial charge < -0.3 is 5.32 Å². The van der Waals surface area contributed by atoms with Crippen molar-refractivity contribution in [3.63, 3.8) is 0 Å². The van der Waals surface area contributed by atoms with Crippen molar-refractivity contribution in [3.05, 3.63) is 0 Å². The third-order valence-corrected chi connectivity index (χ3v) is 3.24. The number of thiocarbonyl (C=S) groups is 1. The number of nitrogens with one attached hydrogen (secondary N) is 1. The van der Waals surface area contributed by atoms with Crippen molar-refractivity contribution < 1.29 is 0 Å². The third-order valence-electron chi connectivity index (χ3n) is 3.09. The molecule has 2 heteroatoms. The first-order valence-corrected chi connectivity index (χ1v) is 4.84. The fourth-order valence-corrected chi connectivity index (χ4v) is 2.96. The van der Waals surface area contributed by atoms with Crippen molar-refractivity contribution in [3.8, 4) is 0 Å². The van der Waals surface area contributed by atoms with Gasteiger partial charge in [0.15, 0.2) is 0 Å². The molecule has 0 aromatic rings. The summed E-state index contributed by atoms with van der Waals surface area (Å²) in [6.07, 6.45) is 5.33. The van der Waals surface area contributed by atoms with E-state index in [0.717, 1.165) is 6.04 Å². The fraction of sp³-hybridized carbons (Fsp3) is 0.889. The maximum atomic E-state index is 5.16. The van der Waals surface area contributed by atoms with Gasteiger partial charge in [-0.3, -0.25) is 0 Å². The van der Waals surface area contributed by atoms with Gasteiger partial charge in [-0.2, -0.15) is 0 Å². The average molecular weight is 169 g/mol. The highest BCUT2D eigenvalue weighted by Crippen LogP contribution is 2.45. The Bertz CT molecular complexity index is 180. The Kier molecular flexibility index (Phi) is 1.77. The van der Waals surface area contributed by atoms with Crippen LogP contribution in [-0.2, 0) is 0 Å². The molecule has 1 N–H and O–H groups in total. The Morgan fingerprint density at radius 2 is 2.55 bits per heavy atom. The van der Waals surface area contributed by atoms with E-state index in [1.807, 2.05) is 0 Å². The highest BCUT2D eigenvalue weighted by Gasteiger charge is 2.44. The molecule has 11 heavy (non-hydrogen) atoms. The third kappa shape index (κ3) is 1.34. The zero-order valence-electron chi connectivity index (χ0n) is 7.02. The van der Waals surface area contributed by atoms with E-state index in [0.29, 0.717) is 5.41 Å². The van der Waals surface area contributed by atoms with Crippen LogP contribution in [0, 0.1) is 5.41 Å². The quantitative estimate of drug-likeness (QED) is 0.634. The Balaban J connectivity index is 2.05. The Morgan fingerprint density at radius 1 is 1.73 bits per heavy atom. The number of piperidine rings is 1. The maximum absolute atomic E-state index is 5.16. The predicted octanol–water partition coefficient (Wildman–Crippen LogP) is 1.91. The van der Waals surface area contributed by atoms with Gasteiger partial charge >= 0.3 is 0 Å². The van der Waals surface area contributed by atoms with Gasteiger partial charge in [-0.25, -0.2) is 0 Å². The molecule has 1 saturated carbocycles. The molecule has 0 spiro atoms. The minimum atomic E-state index is 0.580. The molecule has 2 unspecified atom stereocenters. The van der Waals surface area contributed by atoms with Gasteiger partial charge in [-0.15, -0.1) is 0 Å². The lowest BCUT2D eigenvalue weighted by Crippen LogP contribution is -2.30. The summed E-state index contributed by atoms with van der Waals surface area (Å²) in [5, 5.41) is 3.54. The summed E-state index contributed by atoms with van der Waals surface area (Å²) in [7, 11) is 0. The zero-order valence-corrected chi connectivity index (χ0v) is 7.84. The summed E-state index contributed by atoms with van der Waals surface area (Å²) in [4.78, 5) is 1.19. The van der Waals surface area contributed by atoms with E-state index in [4.69, 9.17) is 12.2 Å². The normalized spacial score (nSPS) is 41.4. The summed E-state index contributed by atoms with van der Waals surface area (Å²) in [5.74, 6) is 0. The minimum absolute atomic E-state index is 0.580. The first kappa shape index (κ1) is 7.69. The zero-order chi connectivity index (χ0) is 7.90. The Hall–Kier alpha value is 0.0500. The monoisotopic (exact) mass is 169 g/mol. The topological polar surface area (TPSA) is 12.0 Å². The second-order valence-corrected chi connectivity index (χ2v) is 4.90. The number of rotatable bonds is 2. The van der Waals surface area contributed by atoms with Crippen LogP contribution in [0.1, 0.15) is 32.6 Å². The van der Waals surface area contributed by atoms with Gasteiger partial charge in [0, 0.05) is 12.6 Å². The lowest BCUT2D eigenvalue weighted by molar-refractivity contribution is 0.329. The van der Waals surface area contributed by atoms with Crippen LogP contribution in [0.25, 0.3) is 0 Å². The molecule has 1 aliphatic heterocycles. The summed E-state index contributed by atoms with van der Waals surface area (Å²) in [5.41, 5.74) is 0.580. The smallest absolute Gasteiger partial charge is 0.00733 e. The van der Waals surface area contributed by atoms with Crippen molar-refractivity contribution in [1.29, 1.82) is 0 Å².